The molecule has 1 heterocycles. The van der Waals surface area contributed by atoms with E-state index in [1.165, 1.54) is 22.5 Å². The smallest absolute Gasteiger partial charge is 0.246 e. The van der Waals surface area contributed by atoms with E-state index in [1.807, 2.05) is 12.1 Å². The molecule has 2 aromatic carbocycles. The van der Waals surface area contributed by atoms with Gasteiger partial charge in [-0.2, -0.15) is 4.31 Å². The lowest BCUT2D eigenvalue weighted by atomic mass is 9.87. The molecule has 1 fully saturated rings. The van der Waals surface area contributed by atoms with Crippen molar-refractivity contribution in [2.24, 2.45) is 0 Å². The van der Waals surface area contributed by atoms with Crippen LogP contribution in [0.3, 0.4) is 0 Å². The molecule has 1 saturated heterocycles. The minimum absolute atomic E-state index is 0.0511. The minimum Gasteiger partial charge on any atom is -0.337 e. The Hall–Kier alpha value is -2.51. The molecule has 0 aromatic heterocycles. The Kier molecular flexibility index (Phi) is 6.43. The van der Waals surface area contributed by atoms with Crippen molar-refractivity contribution in [2.75, 3.05) is 26.2 Å². The van der Waals surface area contributed by atoms with E-state index in [0.717, 1.165) is 5.56 Å². The lowest BCUT2D eigenvalue weighted by Crippen LogP contribution is -2.50. The maximum atomic E-state index is 13.7. The van der Waals surface area contributed by atoms with Gasteiger partial charge in [0, 0.05) is 37.8 Å². The molecule has 1 aliphatic heterocycles. The highest BCUT2D eigenvalue weighted by Gasteiger charge is 2.29. The van der Waals surface area contributed by atoms with Gasteiger partial charge in [-0.15, -0.1) is 0 Å². The Balaban J connectivity index is 1.63. The van der Waals surface area contributed by atoms with Crippen LogP contribution >= 0.6 is 0 Å². The van der Waals surface area contributed by atoms with Crippen molar-refractivity contribution >= 4 is 22.0 Å². The van der Waals surface area contributed by atoms with Crippen LogP contribution in [-0.4, -0.2) is 49.7 Å². The minimum atomic E-state index is -3.61. The number of nitrogens with zero attached hydrogens (tertiary/aromatic N) is 2. The summed E-state index contributed by atoms with van der Waals surface area (Å²) in [5.41, 5.74) is 1.36. The molecule has 1 amide bonds. The summed E-state index contributed by atoms with van der Waals surface area (Å²) in [4.78, 5) is 14.2. The number of carbonyl (C=O) groups is 1. The maximum absolute atomic E-state index is 13.7. The van der Waals surface area contributed by atoms with Gasteiger partial charge in [-0.05, 0) is 35.3 Å². The van der Waals surface area contributed by atoms with E-state index < -0.39 is 15.8 Å². The van der Waals surface area contributed by atoms with Crippen molar-refractivity contribution < 1.29 is 17.6 Å². The molecule has 5 nitrogen and oxygen atoms in total. The number of halogens is 1. The van der Waals surface area contributed by atoms with Gasteiger partial charge in [-0.3, -0.25) is 4.79 Å². The molecule has 0 N–H and O–H groups in total. The van der Waals surface area contributed by atoms with Gasteiger partial charge in [0.2, 0.25) is 15.9 Å². The van der Waals surface area contributed by atoms with Gasteiger partial charge in [0.1, 0.15) is 5.82 Å². The van der Waals surface area contributed by atoms with E-state index >= 15 is 0 Å². The van der Waals surface area contributed by atoms with Crippen LogP contribution in [0.2, 0.25) is 0 Å². The summed E-state index contributed by atoms with van der Waals surface area (Å²) in [5, 5.41) is 0. The predicted molar refractivity (Wildman–Crippen MR) is 116 cm³/mol. The standard InChI is InChI=1S/C23H27FN2O3S/c1-23(2,3)19-9-11-20(12-10-19)30(28,29)26-16-14-25(15-17-26)22(27)13-8-18-6-4-5-7-21(18)24/h4-13H,14-17H2,1-3H3/b13-8+. The van der Waals surface area contributed by atoms with Crippen LogP contribution in [0.25, 0.3) is 6.08 Å². The predicted octanol–water partition coefficient (Wildman–Crippen LogP) is 3.67. The fraction of sp³-hybridized carbons (Fsp3) is 0.348. The third-order valence-corrected chi connectivity index (χ3v) is 7.13. The lowest BCUT2D eigenvalue weighted by molar-refractivity contribution is -0.127. The molecular formula is C23H27FN2O3S. The molecule has 0 atom stereocenters. The number of benzene rings is 2. The summed E-state index contributed by atoms with van der Waals surface area (Å²) in [7, 11) is -3.61. The lowest BCUT2D eigenvalue weighted by Gasteiger charge is -2.33. The quantitative estimate of drug-likeness (QED) is 0.696. The van der Waals surface area contributed by atoms with Gasteiger partial charge in [0.25, 0.3) is 0 Å². The number of sulfonamides is 1. The van der Waals surface area contributed by atoms with Crippen molar-refractivity contribution in [3.05, 3.63) is 71.6 Å². The number of hydrogen-bond donors (Lipinski definition) is 0. The van der Waals surface area contributed by atoms with E-state index in [2.05, 4.69) is 20.8 Å². The third kappa shape index (κ3) is 4.96. The molecule has 1 aliphatic rings. The first-order chi connectivity index (χ1) is 14.1. The molecule has 0 bridgehead atoms. The molecule has 0 unspecified atom stereocenters. The average Bonchev–Trinajstić information content (AvgIpc) is 2.72. The number of carbonyl (C=O) groups excluding carboxylic acids is 1. The Morgan fingerprint density at radius 1 is 0.967 bits per heavy atom. The van der Waals surface area contributed by atoms with Crippen molar-refractivity contribution in [3.63, 3.8) is 0 Å². The molecule has 3 rings (SSSR count). The molecular weight excluding hydrogens is 403 g/mol. The van der Waals surface area contributed by atoms with Gasteiger partial charge < -0.3 is 4.90 Å². The second-order valence-electron chi connectivity index (χ2n) is 8.36. The Bertz CT molecular complexity index is 1030. The molecule has 160 valence electrons. The molecule has 30 heavy (non-hydrogen) atoms. The number of piperazine rings is 1. The molecule has 0 spiro atoms. The summed E-state index contributed by atoms with van der Waals surface area (Å²) < 4.78 is 41.0. The molecule has 0 aliphatic carbocycles. The van der Waals surface area contributed by atoms with Crippen LogP contribution < -0.4 is 0 Å². The summed E-state index contributed by atoms with van der Waals surface area (Å²) >= 11 is 0. The van der Waals surface area contributed by atoms with E-state index in [9.17, 15) is 17.6 Å². The van der Waals surface area contributed by atoms with Crippen molar-refractivity contribution in [2.45, 2.75) is 31.1 Å². The van der Waals surface area contributed by atoms with Gasteiger partial charge in [-0.25, -0.2) is 12.8 Å². The highest BCUT2D eigenvalue weighted by molar-refractivity contribution is 7.89. The van der Waals surface area contributed by atoms with E-state index in [4.69, 9.17) is 0 Å². The number of rotatable bonds is 4. The summed E-state index contributed by atoms with van der Waals surface area (Å²) in [6.45, 7) is 7.26. The van der Waals surface area contributed by atoms with Crippen LogP contribution in [0.1, 0.15) is 31.9 Å². The normalized spacial score (nSPS) is 16.2. The van der Waals surface area contributed by atoms with E-state index in [1.54, 1.807) is 35.2 Å². The highest BCUT2D eigenvalue weighted by atomic mass is 32.2. The van der Waals surface area contributed by atoms with Crippen molar-refractivity contribution in [1.29, 1.82) is 0 Å². The highest BCUT2D eigenvalue weighted by Crippen LogP contribution is 2.25. The van der Waals surface area contributed by atoms with E-state index in [0.29, 0.717) is 18.7 Å². The third-order valence-electron chi connectivity index (χ3n) is 5.22. The zero-order chi connectivity index (χ0) is 21.9. The van der Waals surface area contributed by atoms with Crippen LogP contribution in [0.4, 0.5) is 4.39 Å². The van der Waals surface area contributed by atoms with Crippen LogP contribution in [0.15, 0.2) is 59.5 Å². The zero-order valence-corrected chi connectivity index (χ0v) is 18.3. The summed E-state index contributed by atoms with van der Waals surface area (Å²) in [6.07, 6.45) is 2.77. The van der Waals surface area contributed by atoms with Crippen LogP contribution in [0.5, 0.6) is 0 Å². The average molecular weight is 431 g/mol. The Morgan fingerprint density at radius 2 is 1.57 bits per heavy atom. The van der Waals surface area contributed by atoms with Gasteiger partial charge in [0.15, 0.2) is 0 Å². The number of hydrogen-bond acceptors (Lipinski definition) is 3. The first-order valence-electron chi connectivity index (χ1n) is 9.91. The molecule has 7 heteroatoms. The van der Waals surface area contributed by atoms with E-state index in [-0.39, 0.29) is 29.3 Å². The van der Waals surface area contributed by atoms with Gasteiger partial charge in [0.05, 0.1) is 4.90 Å². The number of amides is 1. The zero-order valence-electron chi connectivity index (χ0n) is 17.5. The van der Waals surface area contributed by atoms with Crippen molar-refractivity contribution in [3.8, 4) is 0 Å². The second-order valence-corrected chi connectivity index (χ2v) is 10.3. The van der Waals surface area contributed by atoms with Crippen LogP contribution in [0, 0.1) is 5.82 Å². The van der Waals surface area contributed by atoms with Crippen LogP contribution in [-0.2, 0) is 20.2 Å². The first kappa shape index (κ1) is 22.2. The second kappa shape index (κ2) is 8.70. The topological polar surface area (TPSA) is 57.7 Å². The summed E-state index contributed by atoms with van der Waals surface area (Å²) in [5.74, 6) is -0.653. The van der Waals surface area contributed by atoms with Gasteiger partial charge >= 0.3 is 0 Å². The maximum Gasteiger partial charge on any atom is 0.246 e. The first-order valence-corrected chi connectivity index (χ1v) is 11.4. The molecule has 2 aromatic rings. The van der Waals surface area contributed by atoms with Gasteiger partial charge in [-0.1, -0.05) is 51.1 Å². The Labute approximate surface area is 177 Å². The Morgan fingerprint density at radius 3 is 2.13 bits per heavy atom. The SMILES string of the molecule is CC(C)(C)c1ccc(S(=O)(=O)N2CCN(C(=O)/C=C/c3ccccc3F)CC2)cc1. The van der Waals surface area contributed by atoms with Crippen molar-refractivity contribution in [1.82, 2.24) is 9.21 Å². The monoisotopic (exact) mass is 430 g/mol. The summed E-state index contributed by atoms with van der Waals surface area (Å²) in [6, 6.07) is 13.2. The molecule has 0 saturated carbocycles. The fourth-order valence-electron chi connectivity index (χ4n) is 3.30. The molecule has 0 radical (unpaired) electrons. The fourth-order valence-corrected chi connectivity index (χ4v) is 4.72. The largest absolute Gasteiger partial charge is 0.337 e.